The van der Waals surface area contributed by atoms with Gasteiger partial charge in [0.05, 0.1) is 18.1 Å². The second-order valence-electron chi connectivity index (χ2n) is 11.7. The van der Waals surface area contributed by atoms with Crippen LogP contribution in [0.5, 0.6) is 5.75 Å². The number of benzene rings is 4. The van der Waals surface area contributed by atoms with Crippen molar-refractivity contribution in [2.75, 3.05) is 0 Å². The first kappa shape index (κ1) is 23.6. The Hall–Kier alpha value is -4.24. The van der Waals surface area contributed by atoms with E-state index in [0.29, 0.717) is 18.6 Å². The molecule has 3 heteroatoms. The molecule has 0 amide bonds. The number of fused-ring (bicyclic) bond motifs is 8. The maximum atomic E-state index is 6.30. The zero-order valence-electron chi connectivity index (χ0n) is 22.9. The summed E-state index contributed by atoms with van der Waals surface area (Å²) in [7, 11) is 0. The minimum absolute atomic E-state index is 0.388. The van der Waals surface area contributed by atoms with Gasteiger partial charge >= 0.3 is 0 Å². The molecule has 0 saturated heterocycles. The Kier molecular flexibility index (Phi) is 5.58. The number of aromatic amines is 1. The van der Waals surface area contributed by atoms with Crippen molar-refractivity contribution in [2.24, 2.45) is 5.92 Å². The Morgan fingerprint density at radius 1 is 0.975 bits per heavy atom. The van der Waals surface area contributed by atoms with E-state index in [1.54, 1.807) is 5.56 Å². The molecule has 1 radical (unpaired) electrons. The molecule has 0 fully saturated rings. The van der Waals surface area contributed by atoms with Gasteiger partial charge in [-0.25, -0.2) is 0 Å². The second kappa shape index (κ2) is 9.45. The molecule has 4 aromatic carbocycles. The number of nitrogens with one attached hydrogen (secondary N) is 1. The van der Waals surface area contributed by atoms with Gasteiger partial charge in [0.15, 0.2) is 0 Å². The first-order valence-corrected chi connectivity index (χ1v) is 14.6. The molecule has 40 heavy (non-hydrogen) atoms. The number of hydrogen-bond acceptors (Lipinski definition) is 2. The normalized spacial score (nSPS) is 19.5. The molecule has 0 spiro atoms. The summed E-state index contributed by atoms with van der Waals surface area (Å²) >= 11 is 0. The maximum absolute atomic E-state index is 6.30. The summed E-state index contributed by atoms with van der Waals surface area (Å²) in [6, 6.07) is 27.6. The molecule has 197 valence electrons. The molecule has 0 saturated carbocycles. The summed E-state index contributed by atoms with van der Waals surface area (Å²) in [5.41, 5.74) is 10.7. The average molecular weight is 522 g/mol. The van der Waals surface area contributed by atoms with Crippen LogP contribution in [0, 0.1) is 12.0 Å². The number of nitrogens with zero attached hydrogens (tertiary/aromatic N) is 1. The Balaban J connectivity index is 1.12. The van der Waals surface area contributed by atoms with Gasteiger partial charge in [0.1, 0.15) is 12.4 Å². The molecule has 1 aliphatic heterocycles. The van der Waals surface area contributed by atoms with Gasteiger partial charge in [-0.15, -0.1) is 0 Å². The molecular formula is C37H33N2O. The minimum atomic E-state index is 0.388. The van der Waals surface area contributed by atoms with Crippen LogP contribution in [-0.2, 0) is 26.0 Å². The van der Waals surface area contributed by atoms with Gasteiger partial charge in [0.2, 0.25) is 0 Å². The zero-order chi connectivity index (χ0) is 26.6. The number of hydrogen-bond donors (Lipinski definition) is 1. The van der Waals surface area contributed by atoms with Crippen molar-refractivity contribution < 1.29 is 4.74 Å². The van der Waals surface area contributed by atoms with E-state index in [9.17, 15) is 0 Å². The van der Waals surface area contributed by atoms with E-state index in [2.05, 4.69) is 95.8 Å². The van der Waals surface area contributed by atoms with Crippen molar-refractivity contribution in [1.82, 2.24) is 9.88 Å². The average Bonchev–Trinajstić information content (AvgIpc) is 3.38. The fraction of sp³-hybridized carbons (Fsp3) is 0.243. The van der Waals surface area contributed by atoms with Gasteiger partial charge in [-0.05, 0) is 94.5 Å². The van der Waals surface area contributed by atoms with Crippen molar-refractivity contribution in [3.8, 4) is 5.75 Å². The van der Waals surface area contributed by atoms with Gasteiger partial charge in [-0.3, -0.25) is 0 Å². The van der Waals surface area contributed by atoms with Crippen LogP contribution in [0.25, 0.3) is 33.8 Å². The first-order valence-electron chi connectivity index (χ1n) is 14.6. The summed E-state index contributed by atoms with van der Waals surface area (Å²) in [6.07, 6.45) is 14.0. The van der Waals surface area contributed by atoms with E-state index in [1.165, 1.54) is 63.5 Å². The topological polar surface area (TPSA) is 28.3 Å². The number of ether oxygens (including phenoxy) is 1. The third-order valence-corrected chi connectivity index (χ3v) is 9.14. The van der Waals surface area contributed by atoms with Crippen molar-refractivity contribution in [3.05, 3.63) is 124 Å². The highest BCUT2D eigenvalue weighted by Gasteiger charge is 2.29. The third kappa shape index (κ3) is 3.87. The van der Waals surface area contributed by atoms with E-state index < -0.39 is 0 Å². The third-order valence-electron chi connectivity index (χ3n) is 9.14. The van der Waals surface area contributed by atoms with Crippen molar-refractivity contribution in [2.45, 2.75) is 51.8 Å². The lowest BCUT2D eigenvalue weighted by Gasteiger charge is -2.37. The lowest BCUT2D eigenvalue weighted by Crippen LogP contribution is -2.28. The molecule has 5 aromatic rings. The molecule has 2 heterocycles. The molecule has 0 bridgehead atoms. The van der Waals surface area contributed by atoms with Crippen LogP contribution in [0.1, 0.15) is 64.9 Å². The van der Waals surface area contributed by atoms with Crippen molar-refractivity contribution >= 4 is 33.8 Å². The lowest BCUT2D eigenvalue weighted by atomic mass is 9.80. The number of aromatic nitrogens is 1. The first-order chi connectivity index (χ1) is 19.7. The summed E-state index contributed by atoms with van der Waals surface area (Å²) in [6.45, 7) is 3.74. The second-order valence-corrected chi connectivity index (χ2v) is 11.7. The van der Waals surface area contributed by atoms with Crippen LogP contribution in [0.2, 0.25) is 0 Å². The van der Waals surface area contributed by atoms with Crippen LogP contribution >= 0.6 is 0 Å². The Morgan fingerprint density at radius 3 is 2.77 bits per heavy atom. The number of aryl methyl sites for hydroxylation is 1. The standard InChI is InChI=1S/C37H33N2O/c1-24-13-14-26-15-16-28-27-9-5-11-35(30(27)18-17-29(28)32(26)21-24)39-20-19-31-34(22-39)38-33-10-6-12-36(37(31)33)40-23-25-7-3-2-4-8-25/h2-4,7-8,10,12-20,24,35,38H,5,9,11,21-23H2,1H3. The number of rotatable bonds is 4. The fourth-order valence-corrected chi connectivity index (χ4v) is 7.18. The Labute approximate surface area is 235 Å². The van der Waals surface area contributed by atoms with Crippen LogP contribution in [0.3, 0.4) is 0 Å². The zero-order valence-corrected chi connectivity index (χ0v) is 22.9. The highest BCUT2D eigenvalue weighted by molar-refractivity contribution is 5.96. The van der Waals surface area contributed by atoms with Gasteiger partial charge in [0.25, 0.3) is 0 Å². The van der Waals surface area contributed by atoms with Gasteiger partial charge in [-0.1, -0.05) is 73.7 Å². The molecule has 3 aliphatic rings. The van der Waals surface area contributed by atoms with Crippen molar-refractivity contribution in [3.63, 3.8) is 0 Å². The van der Waals surface area contributed by atoms with E-state index in [-0.39, 0.29) is 0 Å². The lowest BCUT2D eigenvalue weighted by molar-refractivity contribution is 0.242. The Morgan fingerprint density at radius 2 is 1.85 bits per heavy atom. The largest absolute Gasteiger partial charge is 0.488 e. The number of allylic oxidation sites excluding steroid dienone is 1. The molecule has 2 atom stereocenters. The molecule has 1 aromatic heterocycles. The summed E-state index contributed by atoms with van der Waals surface area (Å²) in [5, 5.41) is 4.08. The molecule has 2 unspecified atom stereocenters. The fourth-order valence-electron chi connectivity index (χ4n) is 7.18. The highest BCUT2D eigenvalue weighted by atomic mass is 16.5. The van der Waals surface area contributed by atoms with Crippen LogP contribution in [-0.4, -0.2) is 9.88 Å². The predicted octanol–water partition coefficient (Wildman–Crippen LogP) is 8.77. The van der Waals surface area contributed by atoms with Crippen LogP contribution < -0.4 is 4.74 Å². The van der Waals surface area contributed by atoms with Gasteiger partial charge in [0, 0.05) is 22.8 Å². The monoisotopic (exact) mass is 521 g/mol. The molecule has 3 nitrogen and oxygen atoms in total. The summed E-state index contributed by atoms with van der Waals surface area (Å²) < 4.78 is 6.30. The SMILES string of the molecule is CC1C=Cc2ccc3c4c(ccc3c2C1)C(N1C=Cc2c([nH]c3c[c]cc(OCc5ccccc5)c23)C1)CCC4. The van der Waals surface area contributed by atoms with Gasteiger partial charge < -0.3 is 14.6 Å². The van der Waals surface area contributed by atoms with E-state index in [4.69, 9.17) is 4.74 Å². The predicted molar refractivity (Wildman–Crippen MR) is 164 cm³/mol. The van der Waals surface area contributed by atoms with Crippen molar-refractivity contribution in [1.29, 1.82) is 0 Å². The number of H-pyrrole nitrogens is 1. The smallest absolute Gasteiger partial charge is 0.130 e. The quantitative estimate of drug-likeness (QED) is 0.256. The van der Waals surface area contributed by atoms with Crippen LogP contribution in [0.4, 0.5) is 0 Å². The van der Waals surface area contributed by atoms with Crippen LogP contribution in [0.15, 0.2) is 79.0 Å². The highest BCUT2D eigenvalue weighted by Crippen LogP contribution is 2.43. The summed E-state index contributed by atoms with van der Waals surface area (Å²) in [5.74, 6) is 1.49. The summed E-state index contributed by atoms with van der Waals surface area (Å²) in [4.78, 5) is 6.25. The molecule has 2 aliphatic carbocycles. The molecule has 1 N–H and O–H groups in total. The van der Waals surface area contributed by atoms with E-state index in [1.807, 2.05) is 18.2 Å². The maximum Gasteiger partial charge on any atom is 0.130 e. The molecule has 8 rings (SSSR count). The molecular weight excluding hydrogens is 488 g/mol. The van der Waals surface area contributed by atoms with Gasteiger partial charge in [-0.2, -0.15) is 0 Å². The van der Waals surface area contributed by atoms with E-state index >= 15 is 0 Å². The van der Waals surface area contributed by atoms with E-state index in [0.717, 1.165) is 29.6 Å². The Bertz CT molecular complexity index is 1810. The minimum Gasteiger partial charge on any atom is -0.488 e.